The third-order valence-electron chi connectivity index (χ3n) is 5.18. The molecule has 1 heterocycles. The molecule has 6 heteroatoms. The summed E-state index contributed by atoms with van der Waals surface area (Å²) in [6.07, 6.45) is 1.72. The first-order chi connectivity index (χ1) is 14.8. The summed E-state index contributed by atoms with van der Waals surface area (Å²) < 4.78 is 25.7. The Balaban J connectivity index is 1.56. The predicted molar refractivity (Wildman–Crippen MR) is 121 cm³/mol. The van der Waals surface area contributed by atoms with E-state index >= 15 is 0 Å². The van der Waals surface area contributed by atoms with Gasteiger partial charge in [-0.15, -0.1) is 0 Å². The molecule has 1 aliphatic heterocycles. The molecule has 0 bridgehead atoms. The third kappa shape index (κ3) is 4.14. The number of benzene rings is 3. The average molecular weight is 438 g/mol. The van der Waals surface area contributed by atoms with Crippen LogP contribution in [0.25, 0.3) is 6.08 Å². The van der Waals surface area contributed by atoms with E-state index in [-0.39, 0.29) is 23.7 Å². The van der Waals surface area contributed by atoms with Gasteiger partial charge in [0.2, 0.25) is 5.78 Å². The average Bonchev–Trinajstić information content (AvgIpc) is 3.06. The summed E-state index contributed by atoms with van der Waals surface area (Å²) in [5, 5.41) is 0.302. The zero-order valence-electron chi connectivity index (χ0n) is 17.4. The van der Waals surface area contributed by atoms with E-state index in [1.807, 2.05) is 43.3 Å². The minimum absolute atomic E-state index is 0.0278. The number of allylic oxidation sites excluding steroid dienone is 1. The fourth-order valence-corrected chi connectivity index (χ4v) is 3.58. The van der Waals surface area contributed by atoms with Crippen LogP contribution >= 0.6 is 11.6 Å². The first-order valence-electron chi connectivity index (χ1n) is 9.76. The van der Waals surface area contributed by atoms with E-state index in [1.165, 1.54) is 6.07 Å². The van der Waals surface area contributed by atoms with Crippen LogP contribution < -0.4 is 14.4 Å². The van der Waals surface area contributed by atoms with Crippen LogP contribution in [0.1, 0.15) is 27.0 Å². The molecule has 4 nitrogen and oxygen atoms in total. The first-order valence-corrected chi connectivity index (χ1v) is 10.1. The van der Waals surface area contributed by atoms with Gasteiger partial charge in [0, 0.05) is 30.9 Å². The molecule has 0 aromatic heterocycles. The SMILES string of the molecule is Cc1c(OCc2c(F)cccc2Cl)ccc2c1O/C(=C\c1ccc(N(C)C)cc1)C2=O. The summed E-state index contributed by atoms with van der Waals surface area (Å²) >= 11 is 6.07. The van der Waals surface area contributed by atoms with Crippen molar-refractivity contribution in [3.63, 3.8) is 0 Å². The minimum Gasteiger partial charge on any atom is -0.488 e. The number of carbonyl (C=O) groups is 1. The van der Waals surface area contributed by atoms with Crippen molar-refractivity contribution in [2.45, 2.75) is 13.5 Å². The lowest BCUT2D eigenvalue weighted by Crippen LogP contribution is -2.08. The molecular formula is C25H21ClFNO3. The number of nitrogens with zero attached hydrogens (tertiary/aromatic N) is 1. The Labute approximate surface area is 185 Å². The highest BCUT2D eigenvalue weighted by atomic mass is 35.5. The highest BCUT2D eigenvalue weighted by molar-refractivity contribution is 6.31. The molecule has 158 valence electrons. The molecule has 3 aromatic rings. The van der Waals surface area contributed by atoms with Crippen molar-refractivity contribution >= 4 is 29.1 Å². The summed E-state index contributed by atoms with van der Waals surface area (Å²) in [4.78, 5) is 14.8. The van der Waals surface area contributed by atoms with Crippen LogP contribution in [0, 0.1) is 12.7 Å². The smallest absolute Gasteiger partial charge is 0.231 e. The van der Waals surface area contributed by atoms with E-state index in [0.29, 0.717) is 27.6 Å². The highest BCUT2D eigenvalue weighted by Gasteiger charge is 2.30. The Morgan fingerprint density at radius 1 is 1.10 bits per heavy atom. The molecule has 0 amide bonds. The van der Waals surface area contributed by atoms with Crippen LogP contribution in [0.15, 0.2) is 60.4 Å². The first kappa shape index (κ1) is 20.9. The summed E-state index contributed by atoms with van der Waals surface area (Å²) in [5.41, 5.74) is 3.36. The van der Waals surface area contributed by atoms with Crippen molar-refractivity contribution in [3.05, 3.63) is 93.5 Å². The lowest BCUT2D eigenvalue weighted by atomic mass is 10.1. The van der Waals surface area contributed by atoms with Crippen LogP contribution in [-0.2, 0) is 6.61 Å². The molecule has 4 rings (SSSR count). The van der Waals surface area contributed by atoms with Crippen LogP contribution in [0.5, 0.6) is 11.5 Å². The lowest BCUT2D eigenvalue weighted by Gasteiger charge is -2.13. The number of ether oxygens (including phenoxy) is 2. The van der Waals surface area contributed by atoms with E-state index in [1.54, 1.807) is 37.3 Å². The van der Waals surface area contributed by atoms with Crippen molar-refractivity contribution in [2.24, 2.45) is 0 Å². The predicted octanol–water partition coefficient (Wildman–Crippen LogP) is 6.05. The quantitative estimate of drug-likeness (QED) is 0.455. The molecular weight excluding hydrogens is 417 g/mol. The number of carbonyl (C=O) groups excluding carboxylic acids is 1. The van der Waals surface area contributed by atoms with Crippen molar-refractivity contribution in [1.82, 2.24) is 0 Å². The molecule has 1 aliphatic rings. The lowest BCUT2D eigenvalue weighted by molar-refractivity contribution is 0.101. The van der Waals surface area contributed by atoms with E-state index < -0.39 is 5.82 Å². The number of ketones is 1. The van der Waals surface area contributed by atoms with Gasteiger partial charge in [-0.05, 0) is 55.0 Å². The van der Waals surface area contributed by atoms with Crippen molar-refractivity contribution in [2.75, 3.05) is 19.0 Å². The largest absolute Gasteiger partial charge is 0.488 e. The number of anilines is 1. The molecule has 0 atom stereocenters. The van der Waals surface area contributed by atoms with Crippen molar-refractivity contribution in [3.8, 4) is 11.5 Å². The van der Waals surface area contributed by atoms with Gasteiger partial charge in [-0.1, -0.05) is 29.8 Å². The van der Waals surface area contributed by atoms with Gasteiger partial charge in [-0.3, -0.25) is 4.79 Å². The van der Waals surface area contributed by atoms with Gasteiger partial charge in [-0.25, -0.2) is 4.39 Å². The Morgan fingerprint density at radius 3 is 2.52 bits per heavy atom. The van der Waals surface area contributed by atoms with Crippen LogP contribution in [-0.4, -0.2) is 19.9 Å². The van der Waals surface area contributed by atoms with Gasteiger partial charge in [0.15, 0.2) is 5.76 Å². The number of hydrogen-bond donors (Lipinski definition) is 0. The Hall–Kier alpha value is -3.31. The molecule has 3 aromatic carbocycles. The highest BCUT2D eigenvalue weighted by Crippen LogP contribution is 2.39. The monoisotopic (exact) mass is 437 g/mol. The standard InChI is InChI=1S/C25H21ClFNO3/c1-15-22(30-14-19-20(26)5-4-6-21(19)27)12-11-18-24(29)23(31-25(15)18)13-16-7-9-17(10-8-16)28(2)3/h4-13H,14H2,1-3H3/b23-13-. The minimum atomic E-state index is -0.428. The maximum atomic E-state index is 14.0. The van der Waals surface area contributed by atoms with Crippen LogP contribution in [0.4, 0.5) is 10.1 Å². The number of hydrogen-bond acceptors (Lipinski definition) is 4. The Bertz CT molecular complexity index is 1170. The zero-order valence-corrected chi connectivity index (χ0v) is 18.2. The van der Waals surface area contributed by atoms with Crippen LogP contribution in [0.2, 0.25) is 5.02 Å². The fourth-order valence-electron chi connectivity index (χ4n) is 3.36. The molecule has 0 N–H and O–H groups in total. The molecule has 0 unspecified atom stereocenters. The molecule has 0 spiro atoms. The van der Waals surface area contributed by atoms with E-state index in [0.717, 1.165) is 11.3 Å². The van der Waals surface area contributed by atoms with Crippen molar-refractivity contribution in [1.29, 1.82) is 0 Å². The number of rotatable bonds is 5. The van der Waals surface area contributed by atoms with Gasteiger partial charge >= 0.3 is 0 Å². The second-order valence-corrected chi connectivity index (χ2v) is 7.89. The number of fused-ring (bicyclic) bond motifs is 1. The van der Waals surface area contributed by atoms with Crippen molar-refractivity contribution < 1.29 is 18.7 Å². The summed E-state index contributed by atoms with van der Waals surface area (Å²) in [5.74, 6) is 0.604. The summed E-state index contributed by atoms with van der Waals surface area (Å²) in [6, 6.07) is 15.7. The summed E-state index contributed by atoms with van der Waals surface area (Å²) in [7, 11) is 3.94. The second kappa shape index (κ2) is 8.44. The second-order valence-electron chi connectivity index (χ2n) is 7.48. The van der Waals surface area contributed by atoms with E-state index in [4.69, 9.17) is 21.1 Å². The Kier molecular flexibility index (Phi) is 5.70. The normalized spacial score (nSPS) is 13.8. The molecule has 0 fully saturated rings. The van der Waals surface area contributed by atoms with Gasteiger partial charge < -0.3 is 14.4 Å². The molecule has 0 aliphatic carbocycles. The number of Topliss-reactive ketones (excluding diaryl/α,β-unsaturated/α-hetero) is 1. The van der Waals surface area contributed by atoms with Crippen LogP contribution in [0.3, 0.4) is 0 Å². The zero-order chi connectivity index (χ0) is 22.1. The fraction of sp³-hybridized carbons (Fsp3) is 0.160. The topological polar surface area (TPSA) is 38.8 Å². The van der Waals surface area contributed by atoms with Gasteiger partial charge in [0.25, 0.3) is 0 Å². The molecule has 0 saturated heterocycles. The van der Waals surface area contributed by atoms with E-state index in [9.17, 15) is 9.18 Å². The summed E-state index contributed by atoms with van der Waals surface area (Å²) in [6.45, 7) is 1.78. The molecule has 31 heavy (non-hydrogen) atoms. The van der Waals surface area contributed by atoms with E-state index in [2.05, 4.69) is 0 Å². The molecule has 0 radical (unpaired) electrons. The maximum Gasteiger partial charge on any atom is 0.231 e. The van der Waals surface area contributed by atoms with Gasteiger partial charge in [0.05, 0.1) is 10.6 Å². The maximum absolute atomic E-state index is 14.0. The van der Waals surface area contributed by atoms with Gasteiger partial charge in [-0.2, -0.15) is 0 Å². The third-order valence-corrected chi connectivity index (χ3v) is 5.53. The molecule has 0 saturated carbocycles. The van der Waals surface area contributed by atoms with Gasteiger partial charge in [0.1, 0.15) is 23.9 Å². The number of halogens is 2. The Morgan fingerprint density at radius 2 is 1.84 bits per heavy atom.